The summed E-state index contributed by atoms with van der Waals surface area (Å²) >= 11 is 6.03. The van der Waals surface area contributed by atoms with Gasteiger partial charge in [0, 0.05) is 30.3 Å². The first kappa shape index (κ1) is 22.8. The Kier molecular flexibility index (Phi) is 7.71. The van der Waals surface area contributed by atoms with Gasteiger partial charge in [-0.15, -0.1) is 0 Å². The maximum Gasteiger partial charge on any atom is 0.295 e. The molecule has 0 bridgehead atoms. The molecule has 1 unspecified atom stereocenters. The van der Waals surface area contributed by atoms with Crippen LogP contribution in [0.15, 0.2) is 54.1 Å². The summed E-state index contributed by atoms with van der Waals surface area (Å²) in [6.07, 6.45) is 0.577. The smallest absolute Gasteiger partial charge is 0.295 e. The Balaban J connectivity index is 2.02. The van der Waals surface area contributed by atoms with E-state index >= 15 is 0 Å². The maximum absolute atomic E-state index is 12.9. The fourth-order valence-corrected chi connectivity index (χ4v) is 3.74. The van der Waals surface area contributed by atoms with Gasteiger partial charge in [-0.3, -0.25) is 9.59 Å². The number of amides is 1. The molecule has 1 heterocycles. The van der Waals surface area contributed by atoms with Gasteiger partial charge in [-0.05, 0) is 62.2 Å². The van der Waals surface area contributed by atoms with Crippen LogP contribution in [0.5, 0.6) is 5.75 Å². The molecule has 0 aromatic heterocycles. The van der Waals surface area contributed by atoms with Gasteiger partial charge < -0.3 is 19.5 Å². The number of Topliss-reactive ketones (excluding diaryl/α,β-unsaturated/α-hetero) is 1. The molecule has 0 aliphatic carbocycles. The molecule has 164 valence electrons. The van der Waals surface area contributed by atoms with Crippen LogP contribution in [0.4, 0.5) is 0 Å². The van der Waals surface area contributed by atoms with Gasteiger partial charge in [-0.1, -0.05) is 23.7 Å². The molecule has 1 fully saturated rings. The van der Waals surface area contributed by atoms with Crippen LogP contribution in [0.2, 0.25) is 5.02 Å². The zero-order valence-corrected chi connectivity index (χ0v) is 18.4. The second-order valence-corrected chi connectivity index (χ2v) is 7.49. The lowest BCUT2D eigenvalue weighted by Crippen LogP contribution is -2.31. The molecule has 1 atom stereocenters. The van der Waals surface area contributed by atoms with Gasteiger partial charge in [-0.25, -0.2) is 0 Å². The van der Waals surface area contributed by atoms with E-state index in [2.05, 4.69) is 0 Å². The minimum absolute atomic E-state index is 0.0629. The molecule has 7 heteroatoms. The zero-order valence-electron chi connectivity index (χ0n) is 17.6. The van der Waals surface area contributed by atoms with Gasteiger partial charge in [0.15, 0.2) is 0 Å². The first-order chi connectivity index (χ1) is 15.0. The highest BCUT2D eigenvalue weighted by molar-refractivity contribution is 6.46. The Labute approximate surface area is 187 Å². The van der Waals surface area contributed by atoms with Gasteiger partial charge >= 0.3 is 0 Å². The Bertz CT molecular complexity index is 953. The number of aliphatic hydroxyl groups excluding tert-OH is 1. The number of halogens is 1. The summed E-state index contributed by atoms with van der Waals surface area (Å²) in [6.45, 7) is 5.69. The van der Waals surface area contributed by atoms with Crippen molar-refractivity contribution >= 4 is 29.1 Å². The number of aliphatic hydroxyl groups is 1. The molecular weight excluding hydrogens is 418 g/mol. The predicted octanol–water partition coefficient (Wildman–Crippen LogP) is 4.59. The number of carbonyl (C=O) groups is 2. The van der Waals surface area contributed by atoms with Gasteiger partial charge in [0.2, 0.25) is 0 Å². The summed E-state index contributed by atoms with van der Waals surface area (Å²) in [5, 5.41) is 11.6. The Morgan fingerprint density at radius 1 is 1.03 bits per heavy atom. The molecule has 6 nitrogen and oxygen atoms in total. The molecule has 1 N–H and O–H groups in total. The van der Waals surface area contributed by atoms with Crippen molar-refractivity contribution in [2.75, 3.05) is 26.4 Å². The van der Waals surface area contributed by atoms with Crippen LogP contribution in [-0.4, -0.2) is 48.1 Å². The highest BCUT2D eigenvalue weighted by atomic mass is 35.5. The summed E-state index contributed by atoms with van der Waals surface area (Å²) in [5.41, 5.74) is 1.20. The van der Waals surface area contributed by atoms with Gasteiger partial charge in [0.1, 0.15) is 11.5 Å². The topological polar surface area (TPSA) is 76.1 Å². The van der Waals surface area contributed by atoms with Gasteiger partial charge in [0.25, 0.3) is 11.7 Å². The molecule has 0 radical (unpaired) electrons. The fourth-order valence-electron chi connectivity index (χ4n) is 3.61. The van der Waals surface area contributed by atoms with Crippen molar-refractivity contribution in [1.82, 2.24) is 4.90 Å². The Hall–Kier alpha value is -2.83. The third-order valence-corrected chi connectivity index (χ3v) is 5.31. The normalized spacial score (nSPS) is 17.9. The molecule has 1 aliphatic heterocycles. The van der Waals surface area contributed by atoms with Crippen LogP contribution in [0.1, 0.15) is 37.4 Å². The van der Waals surface area contributed by atoms with E-state index in [9.17, 15) is 14.7 Å². The van der Waals surface area contributed by atoms with Gasteiger partial charge in [-0.2, -0.15) is 0 Å². The highest BCUT2D eigenvalue weighted by Crippen LogP contribution is 2.39. The fraction of sp³-hybridized carbons (Fsp3) is 0.333. The SMILES string of the molecule is CCOCCCN1C(=O)C(=O)/C(=C(/O)c2ccc(OCC)cc2)C1c1ccc(Cl)cc1. The van der Waals surface area contributed by atoms with E-state index in [4.69, 9.17) is 21.1 Å². The van der Waals surface area contributed by atoms with Gasteiger partial charge in [0.05, 0.1) is 18.2 Å². The number of hydrogen-bond donors (Lipinski definition) is 1. The second-order valence-electron chi connectivity index (χ2n) is 7.05. The lowest BCUT2D eigenvalue weighted by Gasteiger charge is -2.25. The summed E-state index contributed by atoms with van der Waals surface area (Å²) in [6, 6.07) is 13.0. The molecule has 1 amide bonds. The molecule has 3 rings (SSSR count). The Morgan fingerprint density at radius 2 is 1.71 bits per heavy atom. The first-order valence-electron chi connectivity index (χ1n) is 10.3. The molecule has 31 heavy (non-hydrogen) atoms. The summed E-state index contributed by atoms with van der Waals surface area (Å²) in [4.78, 5) is 27.3. The van der Waals surface area contributed by atoms with Crippen LogP contribution in [0.25, 0.3) is 5.76 Å². The van der Waals surface area contributed by atoms with E-state index in [1.165, 1.54) is 4.90 Å². The van der Waals surface area contributed by atoms with Crippen LogP contribution < -0.4 is 4.74 Å². The molecule has 1 aliphatic rings. The summed E-state index contributed by atoms with van der Waals surface area (Å²) < 4.78 is 10.8. The largest absolute Gasteiger partial charge is 0.507 e. The Morgan fingerprint density at radius 3 is 2.32 bits per heavy atom. The van der Waals surface area contributed by atoms with Crippen molar-refractivity contribution in [3.8, 4) is 5.75 Å². The number of benzene rings is 2. The van der Waals surface area contributed by atoms with Crippen molar-refractivity contribution < 1.29 is 24.2 Å². The van der Waals surface area contributed by atoms with E-state index in [1.807, 2.05) is 13.8 Å². The van der Waals surface area contributed by atoms with Crippen molar-refractivity contribution in [2.24, 2.45) is 0 Å². The number of carbonyl (C=O) groups excluding carboxylic acids is 2. The second kappa shape index (κ2) is 10.5. The highest BCUT2D eigenvalue weighted by Gasteiger charge is 2.45. The number of hydrogen-bond acceptors (Lipinski definition) is 5. The first-order valence-corrected chi connectivity index (χ1v) is 10.7. The lowest BCUT2D eigenvalue weighted by atomic mass is 9.95. The van der Waals surface area contributed by atoms with E-state index in [0.717, 1.165) is 0 Å². The van der Waals surface area contributed by atoms with Crippen molar-refractivity contribution in [2.45, 2.75) is 26.3 Å². The predicted molar refractivity (Wildman–Crippen MR) is 119 cm³/mol. The number of ether oxygens (including phenoxy) is 2. The third-order valence-electron chi connectivity index (χ3n) is 5.06. The minimum Gasteiger partial charge on any atom is -0.507 e. The van der Waals surface area contributed by atoms with E-state index < -0.39 is 17.7 Å². The molecular formula is C24H26ClNO5. The number of likely N-dealkylation sites (tertiary alicyclic amines) is 1. The van der Waals surface area contributed by atoms with Crippen molar-refractivity contribution in [1.29, 1.82) is 0 Å². The van der Waals surface area contributed by atoms with Crippen LogP contribution in [0.3, 0.4) is 0 Å². The quantitative estimate of drug-likeness (QED) is 0.265. The third kappa shape index (κ3) is 5.09. The molecule has 1 saturated heterocycles. The maximum atomic E-state index is 12.9. The lowest BCUT2D eigenvalue weighted by molar-refractivity contribution is -0.140. The molecule has 2 aromatic carbocycles. The van der Waals surface area contributed by atoms with E-state index in [-0.39, 0.29) is 11.3 Å². The van der Waals surface area contributed by atoms with Crippen LogP contribution in [-0.2, 0) is 14.3 Å². The summed E-state index contributed by atoms with van der Waals surface area (Å²) in [7, 11) is 0. The van der Waals surface area contributed by atoms with Crippen molar-refractivity contribution in [3.05, 3.63) is 70.3 Å². The summed E-state index contributed by atoms with van der Waals surface area (Å²) in [5.74, 6) is -0.898. The van der Waals surface area contributed by atoms with E-state index in [0.29, 0.717) is 54.7 Å². The minimum atomic E-state index is -0.706. The molecule has 2 aromatic rings. The number of ketones is 1. The average molecular weight is 444 g/mol. The number of rotatable bonds is 9. The zero-order chi connectivity index (χ0) is 22.4. The van der Waals surface area contributed by atoms with Crippen LogP contribution >= 0.6 is 11.6 Å². The molecule has 0 spiro atoms. The standard InChI is InChI=1S/C24H26ClNO5/c1-3-30-15-5-14-26-21(16-6-10-18(25)11-7-16)20(23(28)24(26)29)22(27)17-8-12-19(13-9-17)31-4-2/h6-13,21,27H,3-5,14-15H2,1-2H3/b22-20+. The molecule has 0 saturated carbocycles. The number of nitrogens with zero attached hydrogens (tertiary/aromatic N) is 1. The van der Waals surface area contributed by atoms with Crippen molar-refractivity contribution in [3.63, 3.8) is 0 Å². The monoisotopic (exact) mass is 443 g/mol. The average Bonchev–Trinajstić information content (AvgIpc) is 3.02. The van der Waals surface area contributed by atoms with Crippen LogP contribution in [0, 0.1) is 0 Å². The van der Waals surface area contributed by atoms with E-state index in [1.54, 1.807) is 48.5 Å².